The Hall–Kier alpha value is -4.49. The van der Waals surface area contributed by atoms with Crippen LogP contribution in [0.25, 0.3) is 28.2 Å². The van der Waals surface area contributed by atoms with E-state index in [1.54, 1.807) is 36.7 Å². The van der Waals surface area contributed by atoms with Crippen LogP contribution < -0.4 is 0 Å². The van der Waals surface area contributed by atoms with Crippen molar-refractivity contribution in [3.8, 4) is 28.2 Å². The quantitative estimate of drug-likeness (QED) is 0.0379. The number of rotatable bonds is 8. The van der Waals surface area contributed by atoms with Crippen molar-refractivity contribution in [1.82, 2.24) is 19.9 Å². The molecule has 0 spiro atoms. The summed E-state index contributed by atoms with van der Waals surface area (Å²) in [5.41, 5.74) is 3.66. The number of carboxylic acids is 2. The van der Waals surface area contributed by atoms with Gasteiger partial charge in [0.2, 0.25) is 0 Å². The second kappa shape index (κ2) is 22.2. The van der Waals surface area contributed by atoms with Crippen LogP contribution in [0.1, 0.15) is 31.8 Å². The molecular formula is C26H20N6O8RuS2. The van der Waals surface area contributed by atoms with Crippen LogP contribution >= 0.6 is 12.2 Å². The summed E-state index contributed by atoms with van der Waals surface area (Å²) in [5, 5.41) is 51.5. The molecule has 0 fully saturated rings. The topological polar surface area (TPSA) is 231 Å². The molecule has 0 aliphatic heterocycles. The Labute approximate surface area is 268 Å². The van der Waals surface area contributed by atoms with E-state index in [-0.39, 0.29) is 43.8 Å². The summed E-state index contributed by atoms with van der Waals surface area (Å²) >= 11 is 7.40. The number of thiocarbonyl (C=S) groups is 1. The molecule has 0 radical (unpaired) electrons. The van der Waals surface area contributed by atoms with E-state index in [0.29, 0.717) is 22.8 Å². The Balaban J connectivity index is 0.000000680. The van der Waals surface area contributed by atoms with E-state index in [1.807, 2.05) is 0 Å². The second-order valence-electron chi connectivity index (χ2n) is 7.30. The first-order chi connectivity index (χ1) is 20.2. The molecule has 0 saturated heterocycles. The minimum absolute atomic E-state index is 0. The summed E-state index contributed by atoms with van der Waals surface area (Å²) in [7, 11) is 0. The van der Waals surface area contributed by atoms with Crippen LogP contribution in [-0.4, -0.2) is 57.8 Å². The SMILES string of the molecule is N#C[S-].O=C(O)c1ccnc(-c2cc(C(=O)O)ccn2)c1.OOCc1ccnc(-c2cc(COO)ccn2)c1.[N-]=C=S.[Ru+2]. The van der Waals surface area contributed by atoms with Crippen molar-refractivity contribution < 1.29 is 59.6 Å². The van der Waals surface area contributed by atoms with Crippen LogP contribution in [0.3, 0.4) is 0 Å². The van der Waals surface area contributed by atoms with Crippen molar-refractivity contribution in [2.24, 2.45) is 0 Å². The molecule has 222 valence electrons. The van der Waals surface area contributed by atoms with Gasteiger partial charge in [0, 0.05) is 24.8 Å². The molecule has 4 aromatic heterocycles. The van der Waals surface area contributed by atoms with Gasteiger partial charge in [0.05, 0.1) is 33.9 Å². The van der Waals surface area contributed by atoms with E-state index in [2.05, 4.69) is 54.6 Å². The van der Waals surface area contributed by atoms with Crippen molar-refractivity contribution in [2.45, 2.75) is 13.2 Å². The Bertz CT molecular complexity index is 1450. The first kappa shape index (κ1) is 38.5. The zero-order valence-electron chi connectivity index (χ0n) is 21.6. The molecule has 4 heterocycles. The van der Waals surface area contributed by atoms with Gasteiger partial charge in [-0.05, 0) is 59.7 Å². The Morgan fingerprint density at radius 2 is 1.05 bits per heavy atom. The van der Waals surface area contributed by atoms with Gasteiger partial charge < -0.3 is 28.3 Å². The van der Waals surface area contributed by atoms with E-state index < -0.39 is 11.9 Å². The first-order valence-electron chi connectivity index (χ1n) is 11.1. The molecular weight excluding hydrogens is 690 g/mol. The minimum atomic E-state index is -1.08. The summed E-state index contributed by atoms with van der Waals surface area (Å²) in [6, 6.07) is 12.4. The summed E-state index contributed by atoms with van der Waals surface area (Å²) in [5.74, 6) is -2.15. The Kier molecular flexibility index (Phi) is 19.8. The van der Waals surface area contributed by atoms with Gasteiger partial charge in [-0.25, -0.2) is 24.6 Å². The fourth-order valence-electron chi connectivity index (χ4n) is 2.96. The van der Waals surface area contributed by atoms with Crippen molar-refractivity contribution in [3.63, 3.8) is 0 Å². The number of nitriles is 1. The first-order valence-corrected chi connectivity index (χ1v) is 11.9. The number of isothiocyanates is 1. The van der Waals surface area contributed by atoms with Crippen LogP contribution in [-0.2, 0) is 55.1 Å². The average molecular weight is 710 g/mol. The molecule has 4 rings (SSSR count). The van der Waals surface area contributed by atoms with Crippen LogP contribution in [0.5, 0.6) is 0 Å². The molecule has 0 aromatic carbocycles. The molecule has 4 aromatic rings. The fourth-order valence-corrected chi connectivity index (χ4v) is 2.96. The zero-order chi connectivity index (χ0) is 31.3. The number of nitrogens with zero attached hydrogens (tertiary/aromatic N) is 6. The van der Waals surface area contributed by atoms with Gasteiger partial charge in [-0.3, -0.25) is 30.5 Å². The van der Waals surface area contributed by atoms with Gasteiger partial charge >= 0.3 is 31.4 Å². The maximum absolute atomic E-state index is 10.8. The maximum Gasteiger partial charge on any atom is 2.00 e. The normalized spacial score (nSPS) is 8.95. The summed E-state index contributed by atoms with van der Waals surface area (Å²) < 4.78 is 0. The predicted octanol–water partition coefficient (Wildman–Crippen LogP) is 4.33. The molecule has 0 unspecified atom stereocenters. The predicted molar refractivity (Wildman–Crippen MR) is 153 cm³/mol. The van der Waals surface area contributed by atoms with E-state index in [1.165, 1.54) is 47.2 Å². The summed E-state index contributed by atoms with van der Waals surface area (Å²) in [4.78, 5) is 46.1. The second-order valence-corrected chi connectivity index (χ2v) is 7.66. The molecule has 17 heteroatoms. The fraction of sp³-hybridized carbons (Fsp3) is 0.0769. The molecule has 0 amide bonds. The Morgan fingerprint density at radius 3 is 1.33 bits per heavy atom. The average Bonchev–Trinajstić information content (AvgIpc) is 2.99. The molecule has 0 atom stereocenters. The van der Waals surface area contributed by atoms with Gasteiger partial charge in [-0.15, -0.1) is 0 Å². The van der Waals surface area contributed by atoms with E-state index in [0.717, 1.165) is 11.1 Å². The number of hydrogen-bond donors (Lipinski definition) is 4. The molecule has 0 aliphatic carbocycles. The summed E-state index contributed by atoms with van der Waals surface area (Å²) in [6.45, 7) is 0.184. The van der Waals surface area contributed by atoms with Crippen LogP contribution in [0.15, 0.2) is 73.3 Å². The standard InChI is InChI=1S/C12H12N2O4.C12H8N2O4.CHNS.CNS.Ru/c15-17-7-9-1-3-13-11(5-9)12-6-10(8-18-16)2-4-14-12;15-11(16)7-1-3-13-9(5-7)10-6-8(12(17)18)2-4-14-10;2*2-1-3;/h1-6,15-16H,7-8H2;1-6H,(H,15,16)(H,17,18);3H;;/q;;;-1;+2/p-1. The van der Waals surface area contributed by atoms with Crippen molar-refractivity contribution in [3.05, 3.63) is 101 Å². The number of carboxylic acid groups (broad SMARTS) is 2. The molecule has 0 aliphatic rings. The Morgan fingerprint density at radius 1 is 0.767 bits per heavy atom. The van der Waals surface area contributed by atoms with E-state index in [4.69, 9.17) is 31.4 Å². The van der Waals surface area contributed by atoms with Crippen LogP contribution in [0.2, 0.25) is 0 Å². The van der Waals surface area contributed by atoms with Crippen LogP contribution in [0, 0.1) is 10.7 Å². The smallest absolute Gasteiger partial charge is 0.753 e. The molecule has 43 heavy (non-hydrogen) atoms. The molecule has 14 nitrogen and oxygen atoms in total. The maximum atomic E-state index is 10.8. The van der Waals surface area contributed by atoms with E-state index in [9.17, 15) is 9.59 Å². The zero-order valence-corrected chi connectivity index (χ0v) is 25.0. The van der Waals surface area contributed by atoms with Gasteiger partial charge in [-0.2, -0.15) is 5.16 Å². The number of thiocyanates is 1. The van der Waals surface area contributed by atoms with Crippen molar-refractivity contribution >= 4 is 41.9 Å². The van der Waals surface area contributed by atoms with Crippen LogP contribution in [0.4, 0.5) is 0 Å². The van der Waals surface area contributed by atoms with Gasteiger partial charge in [0.1, 0.15) is 13.2 Å². The molecule has 0 saturated carbocycles. The number of aromatic nitrogens is 4. The number of aromatic carboxylic acids is 2. The van der Waals surface area contributed by atoms with E-state index >= 15 is 0 Å². The third-order valence-electron chi connectivity index (χ3n) is 4.65. The third kappa shape index (κ3) is 14.3. The van der Waals surface area contributed by atoms with Gasteiger partial charge in [0.25, 0.3) is 0 Å². The molecule has 4 N–H and O–H groups in total. The largest absolute Gasteiger partial charge is 2.00 e. The minimum Gasteiger partial charge on any atom is -0.753 e. The van der Waals surface area contributed by atoms with Gasteiger partial charge in [0.15, 0.2) is 0 Å². The number of pyridine rings is 4. The third-order valence-corrected chi connectivity index (χ3v) is 4.65. The van der Waals surface area contributed by atoms with Gasteiger partial charge in [-0.1, -0.05) is 17.6 Å². The summed E-state index contributed by atoms with van der Waals surface area (Å²) in [6.07, 6.45) is 5.91. The monoisotopic (exact) mass is 710 g/mol. The number of carbonyl (C=O) groups is 2. The molecule has 0 bridgehead atoms. The van der Waals surface area contributed by atoms with Crippen molar-refractivity contribution in [1.29, 1.82) is 5.26 Å². The number of hydrogen-bond acceptors (Lipinski definition) is 13. The van der Waals surface area contributed by atoms with Crippen molar-refractivity contribution in [2.75, 3.05) is 0 Å².